The molecule has 0 atom stereocenters. The van der Waals surface area contributed by atoms with Crippen LogP contribution in [0.5, 0.6) is 11.5 Å². The van der Waals surface area contributed by atoms with E-state index in [-0.39, 0.29) is 0 Å². The highest BCUT2D eigenvalue weighted by atomic mass is 79.9. The highest BCUT2D eigenvalue weighted by Gasteiger charge is 2.09. The molecule has 0 aliphatic carbocycles. The fourth-order valence-corrected chi connectivity index (χ4v) is 2.28. The molecule has 0 aromatic heterocycles. The number of benzene rings is 2. The van der Waals surface area contributed by atoms with E-state index in [9.17, 15) is 0 Å². The van der Waals surface area contributed by atoms with E-state index in [0.29, 0.717) is 22.9 Å². The predicted molar refractivity (Wildman–Crippen MR) is 81.2 cm³/mol. The lowest BCUT2D eigenvalue weighted by Crippen LogP contribution is -1.97. The molecule has 0 heterocycles. The third kappa shape index (κ3) is 3.44. The molecular weight excluding hydrogens is 342 g/mol. The minimum Gasteiger partial charge on any atom is -0.497 e. The average Bonchev–Trinajstić information content (AvgIpc) is 2.48. The Morgan fingerprint density at radius 3 is 2.55 bits per heavy atom. The minimum atomic E-state index is 0.323. The molecule has 20 heavy (non-hydrogen) atoms. The van der Waals surface area contributed by atoms with Crippen molar-refractivity contribution in [3.8, 4) is 17.6 Å². The molecule has 2 aromatic carbocycles. The van der Waals surface area contributed by atoms with Gasteiger partial charge in [-0.25, -0.2) is 0 Å². The van der Waals surface area contributed by atoms with Crippen molar-refractivity contribution in [2.75, 3.05) is 7.11 Å². The summed E-state index contributed by atoms with van der Waals surface area (Å²) in [7, 11) is 1.62. The van der Waals surface area contributed by atoms with Gasteiger partial charge in [0.15, 0.2) is 0 Å². The normalized spacial score (nSPS) is 9.90. The van der Waals surface area contributed by atoms with E-state index >= 15 is 0 Å². The second-order valence-electron chi connectivity index (χ2n) is 4.01. The summed E-state index contributed by atoms with van der Waals surface area (Å²) in [5.74, 6) is 1.27. The Morgan fingerprint density at radius 1 is 1.25 bits per heavy atom. The summed E-state index contributed by atoms with van der Waals surface area (Å²) < 4.78 is 11.5. The van der Waals surface area contributed by atoms with Crippen molar-refractivity contribution in [3.05, 3.63) is 57.0 Å². The highest BCUT2D eigenvalue weighted by Crippen LogP contribution is 2.32. The van der Waals surface area contributed by atoms with Crippen LogP contribution in [0, 0.1) is 11.3 Å². The van der Waals surface area contributed by atoms with Gasteiger partial charge in [0, 0.05) is 4.47 Å². The first kappa shape index (κ1) is 14.7. The van der Waals surface area contributed by atoms with E-state index in [1.54, 1.807) is 19.2 Å². The lowest BCUT2D eigenvalue weighted by atomic mass is 10.2. The molecule has 0 radical (unpaired) electrons. The second-order valence-corrected chi connectivity index (χ2v) is 5.31. The van der Waals surface area contributed by atoms with Gasteiger partial charge in [0.2, 0.25) is 0 Å². The van der Waals surface area contributed by atoms with Crippen LogP contribution in [0.4, 0.5) is 0 Å². The number of nitriles is 1. The van der Waals surface area contributed by atoms with Gasteiger partial charge in [-0.2, -0.15) is 5.26 Å². The molecule has 2 aromatic rings. The molecule has 0 fully saturated rings. The Labute approximate surface area is 130 Å². The van der Waals surface area contributed by atoms with Crippen molar-refractivity contribution >= 4 is 27.5 Å². The summed E-state index contributed by atoms with van der Waals surface area (Å²) in [6.45, 7) is 0.366. The van der Waals surface area contributed by atoms with Crippen molar-refractivity contribution in [2.24, 2.45) is 0 Å². The third-order valence-electron chi connectivity index (χ3n) is 2.68. The molecule has 0 N–H and O–H groups in total. The van der Waals surface area contributed by atoms with Gasteiger partial charge in [-0.3, -0.25) is 0 Å². The highest BCUT2D eigenvalue weighted by molar-refractivity contribution is 9.10. The van der Waals surface area contributed by atoms with E-state index in [4.69, 9.17) is 26.3 Å². The zero-order valence-corrected chi connectivity index (χ0v) is 13.0. The van der Waals surface area contributed by atoms with E-state index < -0.39 is 0 Å². The van der Waals surface area contributed by atoms with Crippen LogP contribution in [-0.4, -0.2) is 7.11 Å². The maximum absolute atomic E-state index is 8.99. The fourth-order valence-electron chi connectivity index (χ4n) is 1.63. The van der Waals surface area contributed by atoms with Crippen LogP contribution in [-0.2, 0) is 6.61 Å². The van der Waals surface area contributed by atoms with Crippen molar-refractivity contribution in [3.63, 3.8) is 0 Å². The third-order valence-corrected chi connectivity index (χ3v) is 3.53. The summed E-state index contributed by atoms with van der Waals surface area (Å²) in [6.07, 6.45) is 0. The number of hydrogen-bond acceptors (Lipinski definition) is 3. The summed E-state index contributed by atoms with van der Waals surface area (Å²) in [5.41, 5.74) is 1.37. The Morgan fingerprint density at radius 2 is 1.95 bits per heavy atom. The molecule has 3 nitrogen and oxygen atoms in total. The quantitative estimate of drug-likeness (QED) is 0.810. The van der Waals surface area contributed by atoms with E-state index in [1.165, 1.54) is 0 Å². The standard InChI is InChI=1S/C15H11BrClNO2/c1-19-13-4-2-10(3-5-13)9-20-14-7-12(16)6-11(8-18)15(14)17/h2-7H,9H2,1H3. The van der Waals surface area contributed by atoms with E-state index in [1.807, 2.05) is 30.3 Å². The van der Waals surface area contributed by atoms with Gasteiger partial charge >= 0.3 is 0 Å². The van der Waals surface area contributed by atoms with Gasteiger partial charge in [0.05, 0.1) is 12.7 Å². The molecule has 0 unspecified atom stereocenters. The van der Waals surface area contributed by atoms with Crippen LogP contribution in [0.1, 0.15) is 11.1 Å². The number of rotatable bonds is 4. The van der Waals surface area contributed by atoms with E-state index in [0.717, 1.165) is 15.8 Å². The largest absolute Gasteiger partial charge is 0.497 e. The van der Waals surface area contributed by atoms with Gasteiger partial charge in [0.25, 0.3) is 0 Å². The van der Waals surface area contributed by atoms with Gasteiger partial charge in [-0.1, -0.05) is 39.7 Å². The first-order chi connectivity index (χ1) is 9.63. The van der Waals surface area contributed by atoms with Crippen molar-refractivity contribution < 1.29 is 9.47 Å². The van der Waals surface area contributed by atoms with Crippen LogP contribution < -0.4 is 9.47 Å². The maximum Gasteiger partial charge on any atom is 0.140 e. The van der Waals surface area contributed by atoms with Gasteiger partial charge in [-0.15, -0.1) is 0 Å². The molecule has 0 spiro atoms. The van der Waals surface area contributed by atoms with E-state index in [2.05, 4.69) is 15.9 Å². The summed E-state index contributed by atoms with van der Waals surface area (Å²) in [5, 5.41) is 9.31. The van der Waals surface area contributed by atoms with Gasteiger partial charge < -0.3 is 9.47 Å². The van der Waals surface area contributed by atoms with Crippen molar-refractivity contribution in [2.45, 2.75) is 6.61 Å². The fraction of sp³-hybridized carbons (Fsp3) is 0.133. The van der Waals surface area contributed by atoms with Gasteiger partial charge in [0.1, 0.15) is 29.2 Å². The first-order valence-electron chi connectivity index (χ1n) is 5.79. The van der Waals surface area contributed by atoms with Crippen LogP contribution in [0.15, 0.2) is 40.9 Å². The molecular formula is C15H11BrClNO2. The topological polar surface area (TPSA) is 42.2 Å². The Balaban J connectivity index is 2.14. The number of halogens is 2. The molecule has 2 rings (SSSR count). The average molecular weight is 353 g/mol. The minimum absolute atomic E-state index is 0.323. The van der Waals surface area contributed by atoms with Crippen LogP contribution >= 0.6 is 27.5 Å². The molecule has 0 bridgehead atoms. The maximum atomic E-state index is 8.99. The number of nitrogens with zero attached hydrogens (tertiary/aromatic N) is 1. The summed E-state index contributed by atoms with van der Waals surface area (Å²) >= 11 is 9.43. The van der Waals surface area contributed by atoms with Crippen molar-refractivity contribution in [1.82, 2.24) is 0 Å². The molecule has 0 aliphatic heterocycles. The van der Waals surface area contributed by atoms with Crippen molar-refractivity contribution in [1.29, 1.82) is 5.26 Å². The number of hydrogen-bond donors (Lipinski definition) is 0. The SMILES string of the molecule is COc1ccc(COc2cc(Br)cc(C#N)c2Cl)cc1. The molecule has 102 valence electrons. The zero-order valence-electron chi connectivity index (χ0n) is 10.7. The first-order valence-corrected chi connectivity index (χ1v) is 6.96. The molecule has 0 saturated carbocycles. The summed E-state index contributed by atoms with van der Waals surface area (Å²) in [6, 6.07) is 13.0. The Kier molecular flexibility index (Phi) is 4.89. The zero-order chi connectivity index (χ0) is 14.5. The smallest absolute Gasteiger partial charge is 0.140 e. The monoisotopic (exact) mass is 351 g/mol. The second kappa shape index (κ2) is 6.65. The lowest BCUT2D eigenvalue weighted by Gasteiger charge is -2.10. The molecule has 5 heteroatoms. The number of methoxy groups -OCH3 is 1. The van der Waals surface area contributed by atoms with Crippen LogP contribution in [0.25, 0.3) is 0 Å². The molecule has 0 amide bonds. The summed E-state index contributed by atoms with van der Waals surface area (Å²) in [4.78, 5) is 0. The lowest BCUT2D eigenvalue weighted by molar-refractivity contribution is 0.306. The van der Waals surface area contributed by atoms with Crippen LogP contribution in [0.3, 0.4) is 0 Å². The Bertz CT molecular complexity index is 650. The van der Waals surface area contributed by atoms with Crippen LogP contribution in [0.2, 0.25) is 5.02 Å². The predicted octanol–water partition coefficient (Wildman–Crippen LogP) is 4.56. The molecule has 0 saturated heterocycles. The number of ether oxygens (including phenoxy) is 2. The Hall–Kier alpha value is -1.70. The van der Waals surface area contributed by atoms with Gasteiger partial charge in [-0.05, 0) is 29.8 Å². The molecule has 0 aliphatic rings.